The summed E-state index contributed by atoms with van der Waals surface area (Å²) in [4.78, 5) is 13.8. The number of carbonyl (C=O) groups is 1. The number of nitrogens with one attached hydrogen (secondary N) is 2. The topological polar surface area (TPSA) is 94.0 Å². The van der Waals surface area contributed by atoms with Crippen molar-refractivity contribution in [3.8, 4) is 11.4 Å². The maximum Gasteiger partial charge on any atom is 0.319 e. The molecule has 8 nitrogen and oxygen atoms in total. The first-order valence-corrected chi connectivity index (χ1v) is 9.19. The molecular weight excluding hydrogens is 356 g/mol. The van der Waals surface area contributed by atoms with Gasteiger partial charge in [-0.1, -0.05) is 36.4 Å². The lowest BCUT2D eigenvalue weighted by Crippen LogP contribution is -2.34. The molecule has 2 heterocycles. The van der Waals surface area contributed by atoms with E-state index in [2.05, 4.69) is 38.2 Å². The number of aryl methyl sites for hydroxylation is 2. The molecule has 0 saturated carbocycles. The van der Waals surface area contributed by atoms with Crippen LogP contribution in [0.4, 0.5) is 10.5 Å². The van der Waals surface area contributed by atoms with Crippen molar-refractivity contribution in [3.05, 3.63) is 59.2 Å². The Balaban J connectivity index is 1.42. The van der Waals surface area contributed by atoms with Crippen molar-refractivity contribution in [3.63, 3.8) is 0 Å². The van der Waals surface area contributed by atoms with Crippen LogP contribution in [0.15, 0.2) is 42.5 Å². The van der Waals surface area contributed by atoms with Gasteiger partial charge in [0.15, 0.2) is 0 Å². The van der Waals surface area contributed by atoms with Gasteiger partial charge in [-0.2, -0.15) is 4.80 Å². The van der Waals surface area contributed by atoms with Gasteiger partial charge in [0.05, 0.1) is 13.7 Å². The third-order valence-corrected chi connectivity index (χ3v) is 4.79. The number of urea groups is 1. The van der Waals surface area contributed by atoms with Gasteiger partial charge in [-0.15, -0.1) is 10.2 Å². The van der Waals surface area contributed by atoms with Crippen molar-refractivity contribution in [2.75, 3.05) is 18.5 Å². The number of ether oxygens (including phenoxy) is 1. The van der Waals surface area contributed by atoms with Crippen LogP contribution in [0.25, 0.3) is 11.4 Å². The van der Waals surface area contributed by atoms with Crippen LogP contribution in [-0.2, 0) is 18.2 Å². The third kappa shape index (κ3) is 3.86. The molecule has 28 heavy (non-hydrogen) atoms. The Morgan fingerprint density at radius 2 is 2.14 bits per heavy atom. The van der Waals surface area contributed by atoms with Gasteiger partial charge in [0, 0.05) is 17.8 Å². The van der Waals surface area contributed by atoms with Crippen molar-refractivity contribution in [1.82, 2.24) is 25.5 Å². The highest BCUT2D eigenvalue weighted by Gasteiger charge is 2.21. The molecule has 8 heteroatoms. The Hall–Kier alpha value is -3.26. The molecule has 0 fully saturated rings. The number of hydrogen-bond acceptors (Lipinski definition) is 5. The average molecular weight is 378 g/mol. The molecular formula is C20H22N6O2. The second-order valence-electron chi connectivity index (χ2n) is 6.78. The Labute approximate surface area is 162 Å². The van der Waals surface area contributed by atoms with E-state index < -0.39 is 0 Å². The average Bonchev–Trinajstić information content (AvgIpc) is 3.14. The molecule has 1 aliphatic rings. The smallest absolute Gasteiger partial charge is 0.319 e. The van der Waals surface area contributed by atoms with E-state index in [1.807, 2.05) is 37.3 Å². The highest BCUT2D eigenvalue weighted by Crippen LogP contribution is 2.26. The lowest BCUT2D eigenvalue weighted by atomic mass is 9.98. The minimum atomic E-state index is -0.279. The van der Waals surface area contributed by atoms with Crippen LogP contribution >= 0.6 is 0 Å². The number of anilines is 1. The lowest BCUT2D eigenvalue weighted by Gasteiger charge is -2.26. The third-order valence-electron chi connectivity index (χ3n) is 4.79. The summed E-state index contributed by atoms with van der Waals surface area (Å²) in [6, 6.07) is 13.6. The van der Waals surface area contributed by atoms with Crippen molar-refractivity contribution in [1.29, 1.82) is 0 Å². The van der Waals surface area contributed by atoms with Crippen molar-refractivity contribution < 1.29 is 9.53 Å². The Morgan fingerprint density at radius 1 is 1.29 bits per heavy atom. The molecule has 0 radical (unpaired) electrons. The second-order valence-corrected chi connectivity index (χ2v) is 6.78. The number of aromatic nitrogens is 4. The molecule has 2 amide bonds. The fraction of sp³-hybridized carbons (Fsp3) is 0.300. The summed E-state index contributed by atoms with van der Waals surface area (Å²) in [7, 11) is 1.71. The highest BCUT2D eigenvalue weighted by atomic mass is 16.5. The van der Waals surface area contributed by atoms with Crippen LogP contribution < -0.4 is 10.6 Å². The fourth-order valence-corrected chi connectivity index (χ4v) is 3.29. The highest BCUT2D eigenvalue weighted by molar-refractivity contribution is 5.90. The van der Waals surface area contributed by atoms with Gasteiger partial charge in [0.1, 0.15) is 6.10 Å². The molecule has 1 unspecified atom stereocenters. The standard InChI is InChI=1S/C20H22N6O2/c1-13-7-8-15(19-23-25-26(2)24-19)11-17(13)22-20(27)21-12-18-16-6-4-3-5-14(16)9-10-28-18/h3-8,11,18H,9-10,12H2,1-2H3,(H2,21,22,27). The summed E-state index contributed by atoms with van der Waals surface area (Å²) >= 11 is 0. The summed E-state index contributed by atoms with van der Waals surface area (Å²) in [5.41, 5.74) is 4.86. The van der Waals surface area contributed by atoms with Crippen LogP contribution in [0.1, 0.15) is 22.8 Å². The van der Waals surface area contributed by atoms with Crippen molar-refractivity contribution >= 4 is 11.7 Å². The number of nitrogens with zero attached hydrogens (tertiary/aromatic N) is 4. The summed E-state index contributed by atoms with van der Waals surface area (Å²) in [6.07, 6.45) is 0.772. The molecule has 0 aliphatic carbocycles. The molecule has 0 spiro atoms. The quantitative estimate of drug-likeness (QED) is 0.728. The van der Waals surface area contributed by atoms with E-state index in [0.29, 0.717) is 24.7 Å². The van der Waals surface area contributed by atoms with E-state index >= 15 is 0 Å². The predicted octanol–water partition coefficient (Wildman–Crippen LogP) is 2.62. The molecule has 4 rings (SSSR count). The predicted molar refractivity (Wildman–Crippen MR) is 105 cm³/mol. The normalized spacial score (nSPS) is 15.7. The van der Waals surface area contributed by atoms with Crippen molar-refractivity contribution in [2.24, 2.45) is 7.05 Å². The number of tetrazole rings is 1. The van der Waals surface area contributed by atoms with Gasteiger partial charge in [0.2, 0.25) is 5.82 Å². The second kappa shape index (κ2) is 7.77. The SMILES string of the molecule is Cc1ccc(-c2nnn(C)n2)cc1NC(=O)NCC1OCCc2ccccc21. The Bertz CT molecular complexity index is 1000. The Morgan fingerprint density at radius 3 is 2.96 bits per heavy atom. The van der Waals surface area contributed by atoms with Crippen molar-refractivity contribution in [2.45, 2.75) is 19.4 Å². The molecule has 1 atom stereocenters. The number of amides is 2. The van der Waals surface area contributed by atoms with E-state index in [4.69, 9.17) is 4.74 Å². The summed E-state index contributed by atoms with van der Waals surface area (Å²) in [6.45, 7) is 3.01. The van der Waals surface area contributed by atoms with Gasteiger partial charge < -0.3 is 15.4 Å². The molecule has 0 saturated heterocycles. The number of benzene rings is 2. The summed E-state index contributed by atoms with van der Waals surface area (Å²) in [5, 5.41) is 17.9. The number of rotatable bonds is 4. The first kappa shape index (κ1) is 18.1. The number of fused-ring (bicyclic) bond motifs is 1. The van der Waals surface area contributed by atoms with Gasteiger partial charge in [0.25, 0.3) is 0 Å². The van der Waals surface area contributed by atoms with Crippen LogP contribution in [0.2, 0.25) is 0 Å². The zero-order valence-electron chi connectivity index (χ0n) is 15.8. The Kier molecular flexibility index (Phi) is 5.03. The van der Waals surface area contributed by atoms with E-state index in [1.165, 1.54) is 10.4 Å². The first-order valence-electron chi connectivity index (χ1n) is 9.19. The van der Waals surface area contributed by atoms with E-state index in [9.17, 15) is 4.79 Å². The fourth-order valence-electron chi connectivity index (χ4n) is 3.29. The number of hydrogen-bond donors (Lipinski definition) is 2. The molecule has 1 aromatic heterocycles. The minimum absolute atomic E-state index is 0.132. The molecule has 1 aliphatic heterocycles. The molecule has 3 aromatic rings. The first-order chi connectivity index (χ1) is 13.6. The lowest BCUT2D eigenvalue weighted by molar-refractivity contribution is 0.0444. The summed E-state index contributed by atoms with van der Waals surface area (Å²) < 4.78 is 5.84. The maximum atomic E-state index is 12.4. The van der Waals surface area contributed by atoms with Gasteiger partial charge in [-0.05, 0) is 41.3 Å². The van der Waals surface area contributed by atoms with Gasteiger partial charge in [-0.25, -0.2) is 4.79 Å². The van der Waals surface area contributed by atoms with E-state index in [-0.39, 0.29) is 12.1 Å². The maximum absolute atomic E-state index is 12.4. The van der Waals surface area contributed by atoms with Crippen LogP contribution in [0, 0.1) is 6.92 Å². The van der Waals surface area contributed by atoms with E-state index in [1.54, 1.807) is 7.05 Å². The number of carbonyl (C=O) groups excluding carboxylic acids is 1. The molecule has 2 aromatic carbocycles. The molecule has 144 valence electrons. The summed E-state index contributed by atoms with van der Waals surface area (Å²) in [5.74, 6) is 0.512. The molecule has 2 N–H and O–H groups in total. The largest absolute Gasteiger partial charge is 0.371 e. The molecule has 0 bridgehead atoms. The van der Waals surface area contributed by atoms with E-state index in [0.717, 1.165) is 23.1 Å². The monoisotopic (exact) mass is 378 g/mol. The van der Waals surface area contributed by atoms with Gasteiger partial charge >= 0.3 is 6.03 Å². The van der Waals surface area contributed by atoms with Crippen LogP contribution in [0.3, 0.4) is 0 Å². The zero-order chi connectivity index (χ0) is 19.5. The van der Waals surface area contributed by atoms with Crippen LogP contribution in [0.5, 0.6) is 0 Å². The zero-order valence-corrected chi connectivity index (χ0v) is 15.8. The minimum Gasteiger partial charge on any atom is -0.371 e. The van der Waals surface area contributed by atoms with Gasteiger partial charge in [-0.3, -0.25) is 0 Å². The van der Waals surface area contributed by atoms with Crippen LogP contribution in [-0.4, -0.2) is 39.4 Å².